The van der Waals surface area contributed by atoms with Gasteiger partial charge in [0.05, 0.1) is 44.5 Å². The number of fused-ring (bicyclic) bond motifs is 1. The minimum atomic E-state index is -0.0389. The third-order valence-electron chi connectivity index (χ3n) is 3.93. The molecule has 1 heterocycles. The van der Waals surface area contributed by atoms with E-state index in [1.807, 2.05) is 24.3 Å². The van der Waals surface area contributed by atoms with Crippen LogP contribution in [0.15, 0.2) is 48.5 Å². The molecule has 25 heavy (non-hydrogen) atoms. The fourth-order valence-electron chi connectivity index (χ4n) is 2.48. The number of nitrogens with one attached hydrogen (secondary N) is 1. The number of hydrogen-bond acceptors (Lipinski definition) is 4. The van der Waals surface area contributed by atoms with Crippen LogP contribution in [0.1, 0.15) is 10.4 Å². The van der Waals surface area contributed by atoms with E-state index in [9.17, 15) is 4.79 Å². The molecular weight excluding hydrogens is 334 g/mol. The summed E-state index contributed by atoms with van der Waals surface area (Å²) in [7, 11) is 5.77. The summed E-state index contributed by atoms with van der Waals surface area (Å²) >= 11 is 1.55. The van der Waals surface area contributed by atoms with E-state index in [-0.39, 0.29) is 5.91 Å². The van der Waals surface area contributed by atoms with Crippen molar-refractivity contribution in [3.8, 4) is 5.75 Å². The zero-order valence-corrected chi connectivity index (χ0v) is 15.5. The van der Waals surface area contributed by atoms with Gasteiger partial charge in [-0.1, -0.05) is 23.5 Å². The van der Waals surface area contributed by atoms with Crippen LogP contribution in [-0.4, -0.2) is 45.2 Å². The molecule has 0 radical (unpaired) electrons. The molecule has 0 fully saturated rings. The SMILES string of the molecule is COc1ccc(C(=O)N(CC[NH+](C)C)c2nc3ccccc3s2)cc1. The molecule has 6 heteroatoms. The number of hydrogen-bond donors (Lipinski definition) is 1. The highest BCUT2D eigenvalue weighted by atomic mass is 32.1. The first-order valence-electron chi connectivity index (χ1n) is 8.19. The molecule has 1 N–H and O–H groups in total. The van der Waals surface area contributed by atoms with Crippen LogP contribution < -0.4 is 14.5 Å². The molecule has 0 bridgehead atoms. The predicted molar refractivity (Wildman–Crippen MR) is 102 cm³/mol. The highest BCUT2D eigenvalue weighted by Gasteiger charge is 2.22. The highest BCUT2D eigenvalue weighted by molar-refractivity contribution is 7.22. The van der Waals surface area contributed by atoms with E-state index in [2.05, 4.69) is 19.1 Å². The Kier molecular flexibility index (Phi) is 5.31. The Morgan fingerprint density at radius 1 is 1.16 bits per heavy atom. The normalized spacial score (nSPS) is 11.0. The fourth-order valence-corrected chi connectivity index (χ4v) is 3.47. The first kappa shape index (κ1) is 17.4. The molecule has 0 unspecified atom stereocenters. The highest BCUT2D eigenvalue weighted by Crippen LogP contribution is 2.29. The Morgan fingerprint density at radius 3 is 2.52 bits per heavy atom. The van der Waals surface area contributed by atoms with Crippen molar-refractivity contribution in [2.24, 2.45) is 0 Å². The summed E-state index contributed by atoms with van der Waals surface area (Å²) in [6.07, 6.45) is 0. The molecule has 3 rings (SSSR count). The number of carbonyl (C=O) groups excluding carboxylic acids is 1. The summed E-state index contributed by atoms with van der Waals surface area (Å²) in [4.78, 5) is 20.8. The predicted octanol–water partition coefficient (Wildman–Crippen LogP) is 2.10. The van der Waals surface area contributed by atoms with Gasteiger partial charge in [-0.05, 0) is 36.4 Å². The monoisotopic (exact) mass is 356 g/mol. The maximum absolute atomic E-state index is 13.1. The number of quaternary nitrogens is 1. The summed E-state index contributed by atoms with van der Waals surface area (Å²) in [5.41, 5.74) is 1.56. The minimum absolute atomic E-state index is 0.0389. The second-order valence-corrected chi connectivity index (χ2v) is 7.12. The Morgan fingerprint density at radius 2 is 1.88 bits per heavy atom. The van der Waals surface area contributed by atoms with Crippen molar-refractivity contribution in [3.05, 3.63) is 54.1 Å². The summed E-state index contributed by atoms with van der Waals surface area (Å²) in [6, 6.07) is 15.2. The molecule has 130 valence electrons. The molecule has 1 amide bonds. The van der Waals surface area contributed by atoms with Crippen LogP contribution in [0.3, 0.4) is 0 Å². The number of nitrogens with zero attached hydrogens (tertiary/aromatic N) is 2. The van der Waals surface area contributed by atoms with E-state index in [1.165, 1.54) is 4.90 Å². The van der Waals surface area contributed by atoms with Crippen LogP contribution in [0.4, 0.5) is 5.13 Å². The third kappa shape index (κ3) is 3.97. The number of anilines is 1. The number of ether oxygens (including phenoxy) is 1. The summed E-state index contributed by atoms with van der Waals surface area (Å²) in [5, 5.41) is 0.739. The zero-order chi connectivity index (χ0) is 17.8. The molecule has 3 aromatic rings. The van der Waals surface area contributed by atoms with Gasteiger partial charge in [-0.15, -0.1) is 0 Å². The van der Waals surface area contributed by atoms with Gasteiger partial charge in [0.25, 0.3) is 5.91 Å². The van der Waals surface area contributed by atoms with E-state index >= 15 is 0 Å². The molecule has 0 atom stereocenters. The second-order valence-electron chi connectivity index (χ2n) is 6.11. The lowest BCUT2D eigenvalue weighted by Gasteiger charge is -2.20. The van der Waals surface area contributed by atoms with E-state index in [0.717, 1.165) is 27.6 Å². The molecule has 0 aliphatic rings. The number of rotatable bonds is 6. The summed E-state index contributed by atoms with van der Waals surface area (Å²) in [5.74, 6) is 0.698. The van der Waals surface area contributed by atoms with Crippen LogP contribution in [0.2, 0.25) is 0 Å². The van der Waals surface area contributed by atoms with Crippen LogP contribution in [0.5, 0.6) is 5.75 Å². The van der Waals surface area contributed by atoms with Crippen molar-refractivity contribution in [2.45, 2.75) is 0 Å². The van der Waals surface area contributed by atoms with Crippen LogP contribution in [-0.2, 0) is 0 Å². The largest absolute Gasteiger partial charge is 0.497 e. The Hall–Kier alpha value is -2.44. The molecule has 0 spiro atoms. The van der Waals surface area contributed by atoms with Crippen molar-refractivity contribution in [1.82, 2.24) is 4.98 Å². The number of likely N-dealkylation sites (N-methyl/N-ethyl adjacent to an activating group) is 1. The van der Waals surface area contributed by atoms with Gasteiger partial charge in [-0.25, -0.2) is 4.98 Å². The quantitative estimate of drug-likeness (QED) is 0.736. The van der Waals surface area contributed by atoms with Crippen molar-refractivity contribution in [2.75, 3.05) is 39.2 Å². The van der Waals surface area contributed by atoms with E-state index < -0.39 is 0 Å². The van der Waals surface area contributed by atoms with E-state index in [4.69, 9.17) is 4.74 Å². The van der Waals surface area contributed by atoms with Gasteiger partial charge in [0.1, 0.15) is 5.75 Å². The first-order chi connectivity index (χ1) is 12.1. The van der Waals surface area contributed by atoms with Crippen molar-refractivity contribution in [3.63, 3.8) is 0 Å². The van der Waals surface area contributed by atoms with Crippen molar-refractivity contribution in [1.29, 1.82) is 0 Å². The number of para-hydroxylation sites is 1. The number of benzene rings is 2. The maximum atomic E-state index is 13.1. The lowest BCUT2D eigenvalue weighted by atomic mass is 10.2. The molecule has 0 aliphatic heterocycles. The van der Waals surface area contributed by atoms with Gasteiger partial charge in [0, 0.05) is 5.56 Å². The summed E-state index contributed by atoms with van der Waals surface area (Å²) in [6.45, 7) is 1.46. The van der Waals surface area contributed by atoms with Crippen LogP contribution in [0.25, 0.3) is 10.2 Å². The summed E-state index contributed by atoms with van der Waals surface area (Å²) < 4.78 is 6.26. The fraction of sp³-hybridized carbons (Fsp3) is 0.263. The Bertz CT molecular complexity index is 825. The number of amides is 1. The Balaban J connectivity index is 1.93. The van der Waals surface area contributed by atoms with Crippen molar-refractivity contribution >= 4 is 32.6 Å². The maximum Gasteiger partial charge on any atom is 0.260 e. The number of carbonyl (C=O) groups is 1. The van der Waals surface area contributed by atoms with E-state index in [0.29, 0.717) is 12.1 Å². The number of aromatic nitrogens is 1. The van der Waals surface area contributed by atoms with Gasteiger partial charge in [-0.3, -0.25) is 9.69 Å². The average Bonchev–Trinajstić information content (AvgIpc) is 3.05. The van der Waals surface area contributed by atoms with Gasteiger partial charge in [0.2, 0.25) is 0 Å². The molecular formula is C19H22N3O2S+. The molecule has 0 saturated heterocycles. The number of thiazole rings is 1. The van der Waals surface area contributed by atoms with Gasteiger partial charge >= 0.3 is 0 Å². The molecule has 2 aromatic carbocycles. The zero-order valence-electron chi connectivity index (χ0n) is 14.7. The first-order valence-corrected chi connectivity index (χ1v) is 9.00. The number of methoxy groups -OCH3 is 1. The topological polar surface area (TPSA) is 46.9 Å². The molecule has 5 nitrogen and oxygen atoms in total. The van der Waals surface area contributed by atoms with Crippen LogP contribution in [0, 0.1) is 0 Å². The van der Waals surface area contributed by atoms with Crippen molar-refractivity contribution < 1.29 is 14.4 Å². The van der Waals surface area contributed by atoms with Gasteiger partial charge in [0.15, 0.2) is 5.13 Å². The third-order valence-corrected chi connectivity index (χ3v) is 4.99. The Labute approximate surface area is 151 Å². The smallest absolute Gasteiger partial charge is 0.260 e. The standard InChI is InChI=1S/C19H21N3O2S/c1-21(2)12-13-22(18(23)14-8-10-15(24-3)11-9-14)19-20-16-6-4-5-7-17(16)25-19/h4-11H,12-13H2,1-3H3/p+1. The van der Waals surface area contributed by atoms with E-state index in [1.54, 1.807) is 47.6 Å². The second kappa shape index (κ2) is 7.63. The lowest BCUT2D eigenvalue weighted by Crippen LogP contribution is -3.06. The molecule has 0 saturated carbocycles. The minimum Gasteiger partial charge on any atom is -0.497 e. The average molecular weight is 356 g/mol. The lowest BCUT2D eigenvalue weighted by molar-refractivity contribution is -0.856. The molecule has 0 aliphatic carbocycles. The van der Waals surface area contributed by atoms with Gasteiger partial charge < -0.3 is 9.64 Å². The van der Waals surface area contributed by atoms with Gasteiger partial charge in [-0.2, -0.15) is 0 Å². The molecule has 1 aromatic heterocycles. The van der Waals surface area contributed by atoms with Crippen LogP contribution >= 0.6 is 11.3 Å².